The molecule has 2 rings (SSSR count). The Kier molecular flexibility index (Phi) is 4.37. The van der Waals surface area contributed by atoms with Crippen LogP contribution < -0.4 is 10.2 Å². The van der Waals surface area contributed by atoms with Crippen LogP contribution in [0.25, 0.3) is 10.9 Å². The lowest BCUT2D eigenvalue weighted by Gasteiger charge is -2.21. The number of amides is 1. The van der Waals surface area contributed by atoms with Crippen molar-refractivity contribution >= 4 is 28.5 Å². The molecule has 1 aromatic heterocycles. The normalized spacial score (nSPS) is 10.4. The zero-order valence-corrected chi connectivity index (χ0v) is 12.0. The monoisotopic (exact) mass is 287 g/mol. The Morgan fingerprint density at radius 1 is 1.33 bits per heavy atom. The standard InChI is InChI=1S/C15H17N3O3/c1-16-14(19)7-8-18(2)13-9-12(15(20)21)17-11-6-4-3-5-10(11)13/h3-6,9H,7-8H2,1-2H3,(H,16,19)(H,20,21). The molecule has 1 aromatic carbocycles. The fourth-order valence-corrected chi connectivity index (χ4v) is 2.10. The number of aromatic carboxylic acids is 1. The van der Waals surface area contributed by atoms with Gasteiger partial charge in [-0.05, 0) is 12.1 Å². The van der Waals surface area contributed by atoms with Crippen LogP contribution in [0.3, 0.4) is 0 Å². The van der Waals surface area contributed by atoms with Gasteiger partial charge in [-0.1, -0.05) is 18.2 Å². The maximum atomic E-state index is 11.3. The van der Waals surface area contributed by atoms with Crippen LogP contribution in [0.5, 0.6) is 0 Å². The molecule has 0 radical (unpaired) electrons. The highest BCUT2D eigenvalue weighted by atomic mass is 16.4. The number of anilines is 1. The molecule has 0 saturated carbocycles. The van der Waals surface area contributed by atoms with Gasteiger partial charge in [-0.15, -0.1) is 0 Å². The van der Waals surface area contributed by atoms with Crippen molar-refractivity contribution in [2.45, 2.75) is 6.42 Å². The van der Waals surface area contributed by atoms with E-state index in [0.717, 1.165) is 11.1 Å². The molecule has 0 aliphatic carbocycles. The van der Waals surface area contributed by atoms with E-state index in [2.05, 4.69) is 10.3 Å². The molecule has 21 heavy (non-hydrogen) atoms. The highest BCUT2D eigenvalue weighted by Crippen LogP contribution is 2.26. The smallest absolute Gasteiger partial charge is 0.354 e. The third kappa shape index (κ3) is 3.28. The van der Waals surface area contributed by atoms with E-state index in [0.29, 0.717) is 18.5 Å². The number of hydrogen-bond donors (Lipinski definition) is 2. The third-order valence-electron chi connectivity index (χ3n) is 3.28. The second-order valence-corrected chi connectivity index (χ2v) is 4.69. The van der Waals surface area contributed by atoms with Crippen molar-refractivity contribution in [1.82, 2.24) is 10.3 Å². The molecule has 2 N–H and O–H groups in total. The van der Waals surface area contributed by atoms with Crippen LogP contribution in [0.15, 0.2) is 30.3 Å². The van der Waals surface area contributed by atoms with Gasteiger partial charge in [0.25, 0.3) is 0 Å². The van der Waals surface area contributed by atoms with E-state index < -0.39 is 5.97 Å². The molecule has 0 bridgehead atoms. The van der Waals surface area contributed by atoms with Crippen molar-refractivity contribution in [2.24, 2.45) is 0 Å². The van der Waals surface area contributed by atoms with Gasteiger partial charge in [0, 0.05) is 38.1 Å². The maximum absolute atomic E-state index is 11.3. The van der Waals surface area contributed by atoms with E-state index in [1.807, 2.05) is 30.1 Å². The van der Waals surface area contributed by atoms with Gasteiger partial charge in [-0.2, -0.15) is 0 Å². The predicted molar refractivity (Wildman–Crippen MR) is 80.7 cm³/mol. The number of carboxylic acid groups (broad SMARTS) is 1. The van der Waals surface area contributed by atoms with E-state index in [1.54, 1.807) is 13.1 Å². The summed E-state index contributed by atoms with van der Waals surface area (Å²) in [6.45, 7) is 0.493. The van der Waals surface area contributed by atoms with E-state index in [-0.39, 0.29) is 11.6 Å². The van der Waals surface area contributed by atoms with E-state index in [4.69, 9.17) is 5.11 Å². The number of carbonyl (C=O) groups excluding carboxylic acids is 1. The number of pyridine rings is 1. The highest BCUT2D eigenvalue weighted by Gasteiger charge is 2.14. The molecule has 0 aliphatic heterocycles. The lowest BCUT2D eigenvalue weighted by Crippen LogP contribution is -2.26. The molecule has 0 atom stereocenters. The summed E-state index contributed by atoms with van der Waals surface area (Å²) in [5, 5.41) is 12.6. The molecule has 2 aromatic rings. The van der Waals surface area contributed by atoms with Gasteiger partial charge in [0.15, 0.2) is 5.69 Å². The minimum absolute atomic E-state index is 0.00417. The van der Waals surface area contributed by atoms with Crippen molar-refractivity contribution in [1.29, 1.82) is 0 Å². The molecule has 1 amide bonds. The molecular weight excluding hydrogens is 270 g/mol. The number of rotatable bonds is 5. The van der Waals surface area contributed by atoms with Crippen LogP contribution in [0, 0.1) is 0 Å². The van der Waals surface area contributed by atoms with Gasteiger partial charge in [-0.25, -0.2) is 9.78 Å². The number of nitrogens with one attached hydrogen (secondary N) is 1. The summed E-state index contributed by atoms with van der Waals surface area (Å²) < 4.78 is 0. The van der Waals surface area contributed by atoms with E-state index >= 15 is 0 Å². The van der Waals surface area contributed by atoms with Gasteiger partial charge in [0.05, 0.1) is 5.52 Å². The van der Waals surface area contributed by atoms with Gasteiger partial charge in [0.2, 0.25) is 5.91 Å². The fourth-order valence-electron chi connectivity index (χ4n) is 2.10. The van der Waals surface area contributed by atoms with Crippen LogP contribution in [-0.4, -0.2) is 42.6 Å². The van der Waals surface area contributed by atoms with Crippen molar-refractivity contribution < 1.29 is 14.7 Å². The Hall–Kier alpha value is -2.63. The van der Waals surface area contributed by atoms with Crippen molar-refractivity contribution in [3.05, 3.63) is 36.0 Å². The maximum Gasteiger partial charge on any atom is 0.354 e. The van der Waals surface area contributed by atoms with Gasteiger partial charge >= 0.3 is 5.97 Å². The average Bonchev–Trinajstić information content (AvgIpc) is 2.50. The summed E-state index contributed by atoms with van der Waals surface area (Å²) >= 11 is 0. The summed E-state index contributed by atoms with van der Waals surface area (Å²) in [5.41, 5.74) is 1.37. The topological polar surface area (TPSA) is 82.5 Å². The first-order valence-corrected chi connectivity index (χ1v) is 6.57. The van der Waals surface area contributed by atoms with Crippen LogP contribution in [0.2, 0.25) is 0 Å². The number of aromatic nitrogens is 1. The molecule has 1 heterocycles. The minimum atomic E-state index is -1.07. The van der Waals surface area contributed by atoms with Crippen molar-refractivity contribution in [3.8, 4) is 0 Å². The van der Waals surface area contributed by atoms with Gasteiger partial charge in [0.1, 0.15) is 0 Å². The van der Waals surface area contributed by atoms with Crippen LogP contribution in [0.4, 0.5) is 5.69 Å². The first-order valence-electron chi connectivity index (χ1n) is 6.57. The zero-order chi connectivity index (χ0) is 15.4. The molecule has 0 spiro atoms. The molecule has 0 aliphatic rings. The molecule has 6 nitrogen and oxygen atoms in total. The predicted octanol–water partition coefficient (Wildman–Crippen LogP) is 1.51. The van der Waals surface area contributed by atoms with E-state index in [9.17, 15) is 9.59 Å². The van der Waals surface area contributed by atoms with Gasteiger partial charge in [-0.3, -0.25) is 4.79 Å². The van der Waals surface area contributed by atoms with Crippen molar-refractivity contribution in [3.63, 3.8) is 0 Å². The number of carboxylic acids is 1. The number of para-hydroxylation sites is 1. The summed E-state index contributed by atoms with van der Waals surface area (Å²) in [7, 11) is 3.42. The molecular formula is C15H17N3O3. The second kappa shape index (κ2) is 6.21. The fraction of sp³-hybridized carbons (Fsp3) is 0.267. The Balaban J connectivity index is 2.40. The molecule has 110 valence electrons. The first-order chi connectivity index (χ1) is 10.0. The number of nitrogens with zero attached hydrogens (tertiary/aromatic N) is 2. The Bertz CT molecular complexity index is 685. The number of fused-ring (bicyclic) bond motifs is 1. The number of carbonyl (C=O) groups is 2. The molecule has 6 heteroatoms. The zero-order valence-electron chi connectivity index (χ0n) is 12.0. The summed E-state index contributed by atoms with van der Waals surface area (Å²) in [4.78, 5) is 28.5. The Morgan fingerprint density at radius 2 is 2.05 bits per heavy atom. The molecule has 0 fully saturated rings. The molecule has 0 saturated heterocycles. The Morgan fingerprint density at radius 3 is 2.71 bits per heavy atom. The van der Waals surface area contributed by atoms with E-state index in [1.165, 1.54) is 6.07 Å². The highest BCUT2D eigenvalue weighted by molar-refractivity contribution is 5.97. The second-order valence-electron chi connectivity index (χ2n) is 4.69. The molecule has 0 unspecified atom stereocenters. The first kappa shape index (κ1) is 14.8. The number of hydrogen-bond acceptors (Lipinski definition) is 4. The van der Waals surface area contributed by atoms with Crippen LogP contribution in [-0.2, 0) is 4.79 Å². The average molecular weight is 287 g/mol. The summed E-state index contributed by atoms with van der Waals surface area (Å²) in [6, 6.07) is 8.89. The minimum Gasteiger partial charge on any atom is -0.477 e. The lowest BCUT2D eigenvalue weighted by molar-refractivity contribution is -0.120. The largest absolute Gasteiger partial charge is 0.477 e. The summed E-state index contributed by atoms with van der Waals surface area (Å²) in [5.74, 6) is -1.12. The van der Waals surface area contributed by atoms with Crippen LogP contribution >= 0.6 is 0 Å². The SMILES string of the molecule is CNC(=O)CCN(C)c1cc(C(=O)O)nc2ccccc12. The lowest BCUT2D eigenvalue weighted by atomic mass is 10.1. The quantitative estimate of drug-likeness (QED) is 0.871. The van der Waals surface area contributed by atoms with Crippen LogP contribution in [0.1, 0.15) is 16.9 Å². The third-order valence-corrected chi connectivity index (χ3v) is 3.28. The Labute approximate surface area is 122 Å². The van der Waals surface area contributed by atoms with Gasteiger partial charge < -0.3 is 15.3 Å². The number of benzene rings is 1. The summed E-state index contributed by atoms with van der Waals surface area (Å²) in [6.07, 6.45) is 0.339. The van der Waals surface area contributed by atoms with Crippen molar-refractivity contribution in [2.75, 3.05) is 25.5 Å².